The summed E-state index contributed by atoms with van der Waals surface area (Å²) in [6.45, 7) is 5.34. The van der Waals surface area contributed by atoms with E-state index < -0.39 is 6.10 Å². The first-order valence-electron chi connectivity index (χ1n) is 11.8. The molecule has 1 aliphatic rings. The van der Waals surface area contributed by atoms with Gasteiger partial charge in [-0.2, -0.15) is 5.10 Å². The Bertz CT molecular complexity index is 1310. The van der Waals surface area contributed by atoms with Crippen molar-refractivity contribution in [3.63, 3.8) is 0 Å². The highest BCUT2D eigenvalue weighted by Crippen LogP contribution is 2.36. The Kier molecular flexibility index (Phi) is 6.33. The van der Waals surface area contributed by atoms with Crippen molar-refractivity contribution in [1.29, 1.82) is 0 Å². The fourth-order valence-electron chi connectivity index (χ4n) is 4.37. The predicted octanol–water partition coefficient (Wildman–Crippen LogP) is 4.59. The first kappa shape index (κ1) is 22.8. The fourth-order valence-corrected chi connectivity index (χ4v) is 4.37. The van der Waals surface area contributed by atoms with Crippen molar-refractivity contribution in [2.45, 2.75) is 32.4 Å². The first-order valence-corrected chi connectivity index (χ1v) is 11.8. The summed E-state index contributed by atoms with van der Waals surface area (Å²) in [6.07, 6.45) is 2.97. The van der Waals surface area contributed by atoms with Crippen LogP contribution in [0.4, 0.5) is 0 Å². The van der Waals surface area contributed by atoms with Gasteiger partial charge in [0.25, 0.3) is 5.91 Å². The van der Waals surface area contributed by atoms with Crippen LogP contribution in [0.1, 0.15) is 47.5 Å². The van der Waals surface area contributed by atoms with Crippen molar-refractivity contribution in [1.82, 2.24) is 20.1 Å². The molecule has 0 saturated carbocycles. The molecule has 2 aromatic carbocycles. The molecule has 1 unspecified atom stereocenters. The lowest BCUT2D eigenvalue weighted by Gasteiger charge is -2.19. The lowest BCUT2D eigenvalue weighted by Crippen LogP contribution is -2.35. The van der Waals surface area contributed by atoms with Crippen LogP contribution >= 0.6 is 0 Å². The topological polar surface area (TPSA) is 89.3 Å². The highest BCUT2D eigenvalue weighted by Gasteiger charge is 2.28. The zero-order valence-electron chi connectivity index (χ0n) is 19.8. The molecule has 5 rings (SSSR count). The Morgan fingerprint density at radius 3 is 2.31 bits per heavy atom. The molecule has 1 aliphatic heterocycles. The number of amides is 1. The number of hydrogen-bond acceptors (Lipinski definition) is 5. The first-order chi connectivity index (χ1) is 17.0. The predicted molar refractivity (Wildman–Crippen MR) is 134 cm³/mol. The van der Waals surface area contributed by atoms with E-state index in [0.717, 1.165) is 27.9 Å². The molecule has 0 fully saturated rings. The molecule has 0 saturated heterocycles. The van der Waals surface area contributed by atoms with Crippen LogP contribution in [0.15, 0.2) is 73.1 Å². The second-order valence-electron chi connectivity index (χ2n) is 8.92. The smallest absolute Gasteiger partial charge is 0.270 e. The second kappa shape index (κ2) is 9.72. The summed E-state index contributed by atoms with van der Waals surface area (Å²) in [6, 6.07) is 19.5. The molecule has 2 aromatic heterocycles. The number of pyridine rings is 1. The molecule has 178 valence electrons. The summed E-state index contributed by atoms with van der Waals surface area (Å²) in [5.74, 6) is 0.944. The third-order valence-corrected chi connectivity index (χ3v) is 6.29. The fraction of sp³-hybridized carbons (Fsp3) is 0.250. The molecule has 1 atom stereocenters. The SMILES string of the molecule is CC(C)c1ccc(C(CO)Oc2ccc(-c3c(-c4ccncc4)nn4c3C(=O)NCC4)cc2)cc1. The van der Waals surface area contributed by atoms with E-state index in [4.69, 9.17) is 9.84 Å². The molecular weight excluding hydrogens is 440 g/mol. The van der Waals surface area contributed by atoms with Crippen molar-refractivity contribution in [3.8, 4) is 28.1 Å². The maximum atomic E-state index is 12.8. The van der Waals surface area contributed by atoms with Crippen molar-refractivity contribution in [3.05, 3.63) is 89.9 Å². The van der Waals surface area contributed by atoms with Gasteiger partial charge in [-0.05, 0) is 46.9 Å². The normalized spacial score (nSPS) is 13.9. The lowest BCUT2D eigenvalue weighted by atomic mass is 9.98. The van der Waals surface area contributed by atoms with Crippen LogP contribution in [-0.2, 0) is 6.54 Å². The maximum Gasteiger partial charge on any atom is 0.270 e. The van der Waals surface area contributed by atoms with Gasteiger partial charge in [-0.15, -0.1) is 0 Å². The molecule has 35 heavy (non-hydrogen) atoms. The standard InChI is InChI=1S/C28H28N4O3/c1-18(2)19-3-5-20(6-4-19)24(17-33)35-23-9-7-21(8-10-23)25-26(22-11-13-29-14-12-22)31-32-16-15-30-28(34)27(25)32/h3-14,18,24,33H,15-17H2,1-2H3,(H,30,34). The number of fused-ring (bicyclic) bond motifs is 1. The number of carbonyl (C=O) groups excluding carboxylic acids is 1. The molecule has 0 aliphatic carbocycles. The number of rotatable bonds is 7. The van der Waals surface area contributed by atoms with Gasteiger partial charge in [0.15, 0.2) is 0 Å². The van der Waals surface area contributed by atoms with Gasteiger partial charge in [0.05, 0.1) is 13.2 Å². The van der Waals surface area contributed by atoms with E-state index in [9.17, 15) is 9.90 Å². The van der Waals surface area contributed by atoms with Crippen molar-refractivity contribution < 1.29 is 14.6 Å². The Morgan fingerprint density at radius 1 is 0.971 bits per heavy atom. The molecular formula is C28H28N4O3. The second-order valence-corrected chi connectivity index (χ2v) is 8.92. The van der Waals surface area contributed by atoms with Crippen molar-refractivity contribution in [2.24, 2.45) is 0 Å². The number of nitrogens with one attached hydrogen (secondary N) is 1. The van der Waals surface area contributed by atoms with E-state index in [1.807, 2.05) is 48.5 Å². The number of hydrogen-bond donors (Lipinski definition) is 2. The van der Waals surface area contributed by atoms with Crippen LogP contribution in [0.5, 0.6) is 5.75 Å². The van der Waals surface area contributed by atoms with Gasteiger partial charge in [0, 0.05) is 30.1 Å². The molecule has 0 bridgehead atoms. The van der Waals surface area contributed by atoms with Crippen molar-refractivity contribution >= 4 is 5.91 Å². The molecule has 3 heterocycles. The summed E-state index contributed by atoms with van der Waals surface area (Å²) in [5, 5.41) is 17.6. The minimum Gasteiger partial charge on any atom is -0.483 e. The number of ether oxygens (including phenoxy) is 1. The highest BCUT2D eigenvalue weighted by molar-refractivity contribution is 6.03. The number of nitrogens with zero attached hydrogens (tertiary/aromatic N) is 3. The van der Waals surface area contributed by atoms with Gasteiger partial charge in [0.2, 0.25) is 0 Å². The number of aromatic nitrogens is 3. The summed E-state index contributed by atoms with van der Waals surface area (Å²) in [5.41, 5.74) is 6.00. The molecule has 7 nitrogen and oxygen atoms in total. The van der Waals surface area contributed by atoms with E-state index >= 15 is 0 Å². The van der Waals surface area contributed by atoms with Crippen LogP contribution in [0.2, 0.25) is 0 Å². The zero-order chi connectivity index (χ0) is 24.4. The van der Waals surface area contributed by atoms with Gasteiger partial charge in [-0.3, -0.25) is 14.5 Å². The monoisotopic (exact) mass is 468 g/mol. The Morgan fingerprint density at radius 2 is 1.66 bits per heavy atom. The average molecular weight is 469 g/mol. The van der Waals surface area contributed by atoms with E-state index in [-0.39, 0.29) is 12.5 Å². The van der Waals surface area contributed by atoms with Crippen LogP contribution in [0.25, 0.3) is 22.4 Å². The number of aliphatic hydroxyl groups excluding tert-OH is 1. The third-order valence-electron chi connectivity index (χ3n) is 6.29. The summed E-state index contributed by atoms with van der Waals surface area (Å²) in [7, 11) is 0. The van der Waals surface area contributed by atoms with E-state index in [1.54, 1.807) is 17.1 Å². The van der Waals surface area contributed by atoms with Gasteiger partial charge in [-0.1, -0.05) is 50.2 Å². The van der Waals surface area contributed by atoms with E-state index in [0.29, 0.717) is 30.5 Å². The molecule has 2 N–H and O–H groups in total. The van der Waals surface area contributed by atoms with Crippen LogP contribution in [0, 0.1) is 0 Å². The van der Waals surface area contributed by atoms with Crippen molar-refractivity contribution in [2.75, 3.05) is 13.2 Å². The largest absolute Gasteiger partial charge is 0.483 e. The Hall–Kier alpha value is -3.97. The molecule has 0 radical (unpaired) electrons. The van der Waals surface area contributed by atoms with Crippen LogP contribution < -0.4 is 10.1 Å². The Balaban J connectivity index is 1.46. The minimum absolute atomic E-state index is 0.133. The quantitative estimate of drug-likeness (QED) is 0.414. The Labute approximate surface area is 204 Å². The van der Waals surface area contributed by atoms with E-state index in [2.05, 4.69) is 36.3 Å². The van der Waals surface area contributed by atoms with Crippen LogP contribution in [0.3, 0.4) is 0 Å². The third kappa shape index (κ3) is 4.55. The molecule has 4 aromatic rings. The lowest BCUT2D eigenvalue weighted by molar-refractivity contribution is 0.0925. The van der Waals surface area contributed by atoms with Gasteiger partial charge in [0.1, 0.15) is 23.2 Å². The van der Waals surface area contributed by atoms with Gasteiger partial charge >= 0.3 is 0 Å². The zero-order valence-corrected chi connectivity index (χ0v) is 19.8. The highest BCUT2D eigenvalue weighted by atomic mass is 16.5. The summed E-state index contributed by atoms with van der Waals surface area (Å²) >= 11 is 0. The van der Waals surface area contributed by atoms with Crippen LogP contribution in [-0.4, -0.2) is 38.9 Å². The number of benzene rings is 2. The average Bonchev–Trinajstić information content (AvgIpc) is 3.29. The minimum atomic E-state index is -0.468. The van der Waals surface area contributed by atoms with E-state index in [1.165, 1.54) is 5.56 Å². The summed E-state index contributed by atoms with van der Waals surface area (Å²) < 4.78 is 7.89. The maximum absolute atomic E-state index is 12.8. The summed E-state index contributed by atoms with van der Waals surface area (Å²) in [4.78, 5) is 16.9. The van der Waals surface area contributed by atoms with Gasteiger partial charge in [-0.25, -0.2) is 0 Å². The number of carbonyl (C=O) groups is 1. The molecule has 1 amide bonds. The molecule has 0 spiro atoms. The molecule has 7 heteroatoms. The van der Waals surface area contributed by atoms with Gasteiger partial charge < -0.3 is 15.2 Å². The number of aliphatic hydroxyl groups is 1.